The number of rotatable bonds is 5. The fourth-order valence-corrected chi connectivity index (χ4v) is 1.89. The number of halogens is 2. The van der Waals surface area contributed by atoms with Crippen molar-refractivity contribution in [1.29, 1.82) is 0 Å². The second kappa shape index (κ2) is 5.96. The van der Waals surface area contributed by atoms with Gasteiger partial charge in [0.1, 0.15) is 5.82 Å². The standard InChI is InChI=1S/C11H13BrFNO2/c12-10-6-8(13)2-1-7(10)5-9(14)3-4-11(15)16/h1-2,6,9H,3-5,14H2,(H,15,16). The summed E-state index contributed by atoms with van der Waals surface area (Å²) in [6.07, 6.45) is 1.01. The van der Waals surface area contributed by atoms with Gasteiger partial charge in [0.25, 0.3) is 0 Å². The molecule has 1 aromatic rings. The number of carbonyl (C=O) groups is 1. The predicted octanol–water partition coefficient (Wildman–Crippen LogP) is 2.32. The van der Waals surface area contributed by atoms with Crippen LogP contribution in [0.4, 0.5) is 4.39 Å². The van der Waals surface area contributed by atoms with Crippen molar-refractivity contribution in [2.75, 3.05) is 0 Å². The maximum absolute atomic E-state index is 12.8. The van der Waals surface area contributed by atoms with Crippen LogP contribution in [0.5, 0.6) is 0 Å². The third kappa shape index (κ3) is 4.28. The molecule has 0 bridgehead atoms. The van der Waals surface area contributed by atoms with E-state index >= 15 is 0 Å². The van der Waals surface area contributed by atoms with Gasteiger partial charge >= 0.3 is 5.97 Å². The first-order valence-corrected chi connectivity index (χ1v) is 5.69. The Morgan fingerprint density at radius 2 is 2.25 bits per heavy atom. The van der Waals surface area contributed by atoms with Crippen molar-refractivity contribution < 1.29 is 14.3 Å². The number of aliphatic carboxylic acids is 1. The van der Waals surface area contributed by atoms with Gasteiger partial charge in [-0.15, -0.1) is 0 Å². The summed E-state index contributed by atoms with van der Waals surface area (Å²) < 4.78 is 13.5. The Kier molecular flexibility index (Phi) is 4.89. The Morgan fingerprint density at radius 1 is 1.56 bits per heavy atom. The van der Waals surface area contributed by atoms with Gasteiger partial charge in [0.15, 0.2) is 0 Å². The molecule has 3 N–H and O–H groups in total. The fraction of sp³-hybridized carbons (Fsp3) is 0.364. The van der Waals surface area contributed by atoms with Crippen LogP contribution in [-0.2, 0) is 11.2 Å². The van der Waals surface area contributed by atoms with Crippen LogP contribution < -0.4 is 5.73 Å². The first kappa shape index (κ1) is 13.1. The number of carboxylic acids is 1. The molecule has 0 aliphatic heterocycles. The third-order valence-electron chi connectivity index (χ3n) is 2.23. The van der Waals surface area contributed by atoms with Crippen LogP contribution in [0.1, 0.15) is 18.4 Å². The maximum atomic E-state index is 12.8. The molecule has 0 heterocycles. The normalized spacial score (nSPS) is 12.4. The monoisotopic (exact) mass is 289 g/mol. The highest BCUT2D eigenvalue weighted by molar-refractivity contribution is 9.10. The van der Waals surface area contributed by atoms with Gasteiger partial charge in [-0.25, -0.2) is 4.39 Å². The van der Waals surface area contributed by atoms with Crippen LogP contribution in [-0.4, -0.2) is 17.1 Å². The van der Waals surface area contributed by atoms with Crippen molar-refractivity contribution in [2.45, 2.75) is 25.3 Å². The number of hydrogen-bond donors (Lipinski definition) is 2. The van der Waals surface area contributed by atoms with Crippen LogP contribution in [0.25, 0.3) is 0 Å². The van der Waals surface area contributed by atoms with E-state index in [0.29, 0.717) is 17.3 Å². The number of nitrogens with two attached hydrogens (primary N) is 1. The summed E-state index contributed by atoms with van der Waals surface area (Å²) in [4.78, 5) is 10.4. The van der Waals surface area contributed by atoms with Crippen LogP contribution in [0.15, 0.2) is 22.7 Å². The molecular formula is C11H13BrFNO2. The molecule has 16 heavy (non-hydrogen) atoms. The van der Waals surface area contributed by atoms with Gasteiger partial charge in [0, 0.05) is 16.9 Å². The molecule has 0 amide bonds. The first-order valence-electron chi connectivity index (χ1n) is 4.90. The molecule has 0 aliphatic carbocycles. The third-order valence-corrected chi connectivity index (χ3v) is 2.96. The summed E-state index contributed by atoms with van der Waals surface area (Å²) in [6.45, 7) is 0. The second-order valence-corrected chi connectivity index (χ2v) is 4.49. The maximum Gasteiger partial charge on any atom is 0.303 e. The van der Waals surface area contributed by atoms with E-state index in [0.717, 1.165) is 5.56 Å². The largest absolute Gasteiger partial charge is 0.481 e. The quantitative estimate of drug-likeness (QED) is 0.874. The summed E-state index contributed by atoms with van der Waals surface area (Å²) in [5, 5.41) is 8.51. The molecule has 0 aromatic heterocycles. The minimum Gasteiger partial charge on any atom is -0.481 e. The van der Waals surface area contributed by atoms with Gasteiger partial charge in [-0.05, 0) is 30.5 Å². The Bertz CT molecular complexity index is 384. The predicted molar refractivity (Wildman–Crippen MR) is 62.6 cm³/mol. The Hall–Kier alpha value is -0.940. The topological polar surface area (TPSA) is 63.3 Å². The lowest BCUT2D eigenvalue weighted by atomic mass is 10.0. The van der Waals surface area contributed by atoms with Gasteiger partial charge in [0.05, 0.1) is 0 Å². The molecule has 0 spiro atoms. The molecule has 5 heteroatoms. The molecule has 0 fully saturated rings. The minimum atomic E-state index is -0.853. The number of benzene rings is 1. The van der Waals surface area contributed by atoms with Crippen LogP contribution in [0.3, 0.4) is 0 Å². The average Bonchev–Trinajstić information content (AvgIpc) is 2.19. The molecule has 1 unspecified atom stereocenters. The molecule has 0 saturated heterocycles. The Balaban J connectivity index is 2.55. The van der Waals surface area contributed by atoms with Gasteiger partial charge < -0.3 is 10.8 Å². The van der Waals surface area contributed by atoms with Gasteiger partial charge in [0.2, 0.25) is 0 Å². The zero-order valence-corrected chi connectivity index (χ0v) is 10.2. The smallest absolute Gasteiger partial charge is 0.303 e. The number of hydrogen-bond acceptors (Lipinski definition) is 2. The highest BCUT2D eigenvalue weighted by Crippen LogP contribution is 2.19. The van der Waals surface area contributed by atoms with E-state index in [2.05, 4.69) is 15.9 Å². The van der Waals surface area contributed by atoms with Crippen LogP contribution in [0.2, 0.25) is 0 Å². The van der Waals surface area contributed by atoms with Crippen LogP contribution >= 0.6 is 15.9 Å². The SMILES string of the molecule is NC(CCC(=O)O)Cc1ccc(F)cc1Br. The lowest BCUT2D eigenvalue weighted by Crippen LogP contribution is -2.24. The molecule has 1 rings (SSSR count). The zero-order valence-electron chi connectivity index (χ0n) is 8.62. The Labute approximate surface area is 102 Å². The highest BCUT2D eigenvalue weighted by Gasteiger charge is 2.09. The molecule has 1 aromatic carbocycles. The van der Waals surface area contributed by atoms with Crippen molar-refractivity contribution in [3.05, 3.63) is 34.1 Å². The van der Waals surface area contributed by atoms with E-state index in [-0.39, 0.29) is 18.3 Å². The summed E-state index contributed by atoms with van der Waals surface area (Å²) >= 11 is 3.24. The summed E-state index contributed by atoms with van der Waals surface area (Å²) in [5.41, 5.74) is 6.67. The lowest BCUT2D eigenvalue weighted by Gasteiger charge is -2.11. The number of carboxylic acid groups (broad SMARTS) is 1. The van der Waals surface area contributed by atoms with E-state index in [1.807, 2.05) is 0 Å². The Morgan fingerprint density at radius 3 is 2.81 bits per heavy atom. The van der Waals surface area contributed by atoms with E-state index in [4.69, 9.17) is 10.8 Å². The van der Waals surface area contributed by atoms with E-state index in [1.165, 1.54) is 12.1 Å². The average molecular weight is 290 g/mol. The van der Waals surface area contributed by atoms with Crippen molar-refractivity contribution in [1.82, 2.24) is 0 Å². The fourth-order valence-electron chi connectivity index (χ4n) is 1.38. The van der Waals surface area contributed by atoms with Crippen LogP contribution in [0, 0.1) is 5.82 Å². The lowest BCUT2D eigenvalue weighted by molar-refractivity contribution is -0.137. The molecular weight excluding hydrogens is 277 g/mol. The van der Waals surface area contributed by atoms with Crippen molar-refractivity contribution in [2.24, 2.45) is 5.73 Å². The molecule has 0 radical (unpaired) electrons. The summed E-state index contributed by atoms with van der Waals surface area (Å²) in [7, 11) is 0. The van der Waals surface area contributed by atoms with E-state index in [1.54, 1.807) is 6.07 Å². The van der Waals surface area contributed by atoms with Gasteiger partial charge in [-0.1, -0.05) is 22.0 Å². The van der Waals surface area contributed by atoms with Crippen molar-refractivity contribution in [3.8, 4) is 0 Å². The van der Waals surface area contributed by atoms with Gasteiger partial charge in [-0.2, -0.15) is 0 Å². The molecule has 88 valence electrons. The van der Waals surface area contributed by atoms with E-state index < -0.39 is 5.97 Å². The second-order valence-electron chi connectivity index (χ2n) is 3.63. The summed E-state index contributed by atoms with van der Waals surface area (Å²) in [5.74, 6) is -1.16. The highest BCUT2D eigenvalue weighted by atomic mass is 79.9. The zero-order chi connectivity index (χ0) is 12.1. The molecule has 0 saturated carbocycles. The molecule has 0 aliphatic rings. The summed E-state index contributed by atoms with van der Waals surface area (Å²) in [6, 6.07) is 4.17. The van der Waals surface area contributed by atoms with Gasteiger partial charge in [-0.3, -0.25) is 4.79 Å². The van der Waals surface area contributed by atoms with Crippen molar-refractivity contribution >= 4 is 21.9 Å². The first-order chi connectivity index (χ1) is 7.49. The van der Waals surface area contributed by atoms with Crippen molar-refractivity contribution in [3.63, 3.8) is 0 Å². The minimum absolute atomic E-state index is 0.0555. The molecule has 1 atom stereocenters. The molecule has 3 nitrogen and oxygen atoms in total. The van der Waals surface area contributed by atoms with E-state index in [9.17, 15) is 9.18 Å².